The minimum Gasteiger partial charge on any atom is -0.368 e. The molecule has 2 aliphatic rings. The summed E-state index contributed by atoms with van der Waals surface area (Å²) in [6.07, 6.45) is 4.95. The number of nitrogens with one attached hydrogen (secondary N) is 2. The molecule has 2 N–H and O–H groups in total. The summed E-state index contributed by atoms with van der Waals surface area (Å²) in [4.78, 5) is 25.2. The van der Waals surface area contributed by atoms with E-state index in [0.29, 0.717) is 43.1 Å². The van der Waals surface area contributed by atoms with E-state index in [-0.39, 0.29) is 16.7 Å². The highest BCUT2D eigenvalue weighted by Crippen LogP contribution is 2.22. The molecule has 8 nitrogen and oxygen atoms in total. The summed E-state index contributed by atoms with van der Waals surface area (Å²) in [7, 11) is -3.54. The summed E-state index contributed by atoms with van der Waals surface area (Å²) in [6.45, 7) is 1.67. The van der Waals surface area contributed by atoms with Gasteiger partial charge < -0.3 is 15.4 Å². The number of amides is 2. The highest BCUT2D eigenvalue weighted by atomic mass is 32.2. The number of hydrogen-bond acceptors (Lipinski definition) is 5. The van der Waals surface area contributed by atoms with E-state index in [1.54, 1.807) is 40.7 Å². The van der Waals surface area contributed by atoms with E-state index in [2.05, 4.69) is 10.6 Å². The predicted molar refractivity (Wildman–Crippen MR) is 126 cm³/mol. The number of benzene rings is 2. The maximum atomic E-state index is 12.9. The van der Waals surface area contributed by atoms with E-state index in [1.807, 2.05) is 0 Å². The largest absolute Gasteiger partial charge is 0.368 e. The van der Waals surface area contributed by atoms with E-state index in [0.717, 1.165) is 32.1 Å². The summed E-state index contributed by atoms with van der Waals surface area (Å²) in [5.74, 6) is -0.572. The number of nitrogens with zero attached hydrogens (tertiary/aromatic N) is 1. The molecule has 1 atom stereocenters. The molecule has 0 aliphatic carbocycles. The van der Waals surface area contributed by atoms with Gasteiger partial charge in [0.2, 0.25) is 10.0 Å². The second kappa shape index (κ2) is 10.5. The molecular weight excluding hydrogens is 442 g/mol. The lowest BCUT2D eigenvalue weighted by Gasteiger charge is -2.20. The van der Waals surface area contributed by atoms with E-state index in [4.69, 9.17) is 4.74 Å². The first kappa shape index (κ1) is 23.4. The first-order valence-corrected chi connectivity index (χ1v) is 12.8. The van der Waals surface area contributed by atoms with Crippen LogP contribution in [-0.4, -0.2) is 50.3 Å². The van der Waals surface area contributed by atoms with E-state index in [1.165, 1.54) is 12.1 Å². The molecular formula is C24H29N3O5S. The molecule has 0 bridgehead atoms. The fourth-order valence-corrected chi connectivity index (χ4v) is 5.61. The molecule has 9 heteroatoms. The second-order valence-corrected chi connectivity index (χ2v) is 10.3. The van der Waals surface area contributed by atoms with Crippen LogP contribution in [0.5, 0.6) is 0 Å². The van der Waals surface area contributed by atoms with Gasteiger partial charge in [0, 0.05) is 36.6 Å². The number of hydrogen-bond donors (Lipinski definition) is 2. The van der Waals surface area contributed by atoms with Crippen molar-refractivity contribution in [1.29, 1.82) is 0 Å². The Hall–Kier alpha value is -2.75. The van der Waals surface area contributed by atoms with Gasteiger partial charge in [0.25, 0.3) is 11.8 Å². The molecule has 176 valence electrons. The van der Waals surface area contributed by atoms with Gasteiger partial charge in [-0.3, -0.25) is 9.59 Å². The van der Waals surface area contributed by atoms with E-state index in [9.17, 15) is 18.0 Å². The van der Waals surface area contributed by atoms with Crippen molar-refractivity contribution in [3.63, 3.8) is 0 Å². The Balaban J connectivity index is 1.40. The van der Waals surface area contributed by atoms with Crippen LogP contribution in [-0.2, 0) is 19.6 Å². The first-order valence-electron chi connectivity index (χ1n) is 11.4. The van der Waals surface area contributed by atoms with Crippen LogP contribution in [0.3, 0.4) is 0 Å². The minimum atomic E-state index is -3.54. The summed E-state index contributed by atoms with van der Waals surface area (Å²) >= 11 is 0. The van der Waals surface area contributed by atoms with Crippen LogP contribution in [0.25, 0.3) is 0 Å². The van der Waals surface area contributed by atoms with Crippen LogP contribution in [0.15, 0.2) is 53.4 Å². The van der Waals surface area contributed by atoms with Crippen molar-refractivity contribution in [2.45, 2.75) is 49.5 Å². The van der Waals surface area contributed by atoms with Crippen molar-refractivity contribution in [2.24, 2.45) is 0 Å². The van der Waals surface area contributed by atoms with Crippen molar-refractivity contribution in [3.05, 3.63) is 54.1 Å². The van der Waals surface area contributed by atoms with Gasteiger partial charge in [-0.2, -0.15) is 4.31 Å². The van der Waals surface area contributed by atoms with E-state index >= 15 is 0 Å². The zero-order chi connectivity index (χ0) is 23.3. The smallest absolute Gasteiger partial charge is 0.255 e. The molecule has 33 heavy (non-hydrogen) atoms. The van der Waals surface area contributed by atoms with Crippen molar-refractivity contribution in [2.75, 3.05) is 30.3 Å². The van der Waals surface area contributed by atoms with Crippen molar-refractivity contribution in [1.82, 2.24) is 4.31 Å². The van der Waals surface area contributed by atoms with Gasteiger partial charge in [-0.25, -0.2) is 8.42 Å². The molecule has 0 saturated carbocycles. The maximum absolute atomic E-state index is 12.9. The Morgan fingerprint density at radius 3 is 2.27 bits per heavy atom. The van der Waals surface area contributed by atoms with Crippen molar-refractivity contribution < 1.29 is 22.7 Å². The zero-order valence-corrected chi connectivity index (χ0v) is 19.3. The molecule has 1 unspecified atom stereocenters. The Kier molecular flexibility index (Phi) is 7.42. The Labute approximate surface area is 194 Å². The maximum Gasteiger partial charge on any atom is 0.255 e. The molecule has 2 aliphatic heterocycles. The molecule has 2 fully saturated rings. The Morgan fingerprint density at radius 1 is 0.879 bits per heavy atom. The van der Waals surface area contributed by atoms with Gasteiger partial charge in [0.05, 0.1) is 4.90 Å². The first-order chi connectivity index (χ1) is 15.9. The average molecular weight is 472 g/mol. The topological polar surface area (TPSA) is 105 Å². The average Bonchev–Trinajstić information content (AvgIpc) is 3.22. The molecule has 2 heterocycles. The molecule has 0 radical (unpaired) electrons. The molecule has 2 saturated heterocycles. The predicted octanol–water partition coefficient (Wildman–Crippen LogP) is 3.62. The number of carbonyl (C=O) groups excluding carboxylic acids is 2. The van der Waals surface area contributed by atoms with Gasteiger partial charge in [-0.1, -0.05) is 18.9 Å². The fraction of sp³-hybridized carbons (Fsp3) is 0.417. The van der Waals surface area contributed by atoms with Crippen LogP contribution in [0.4, 0.5) is 11.4 Å². The van der Waals surface area contributed by atoms with Gasteiger partial charge >= 0.3 is 0 Å². The van der Waals surface area contributed by atoms with Crippen LogP contribution in [0.1, 0.15) is 48.9 Å². The summed E-state index contributed by atoms with van der Waals surface area (Å²) in [6, 6.07) is 12.9. The van der Waals surface area contributed by atoms with Crippen molar-refractivity contribution in [3.8, 4) is 0 Å². The lowest BCUT2D eigenvalue weighted by Crippen LogP contribution is -2.31. The van der Waals surface area contributed by atoms with Crippen LogP contribution in [0.2, 0.25) is 0 Å². The number of carbonyl (C=O) groups is 2. The number of ether oxygens (including phenoxy) is 1. The number of sulfonamides is 1. The fourth-order valence-electron chi connectivity index (χ4n) is 4.09. The molecule has 2 aromatic rings. The molecule has 4 rings (SSSR count). The van der Waals surface area contributed by atoms with Gasteiger partial charge in [-0.15, -0.1) is 0 Å². The lowest BCUT2D eigenvalue weighted by molar-refractivity contribution is -0.124. The second-order valence-electron chi connectivity index (χ2n) is 8.37. The quantitative estimate of drug-likeness (QED) is 0.670. The standard InChI is InChI=1S/C24H29N3O5S/c28-23(18-7-5-8-20(17-18)26-24(29)22-9-6-16-32-22)25-19-10-12-21(13-11-19)33(30,31)27-14-3-1-2-4-15-27/h5,7-8,10-13,17,22H,1-4,6,9,14-16H2,(H,25,28)(H,26,29). The summed E-state index contributed by atoms with van der Waals surface area (Å²) in [5.41, 5.74) is 1.38. The number of anilines is 2. The highest BCUT2D eigenvalue weighted by molar-refractivity contribution is 7.89. The Bertz CT molecular complexity index is 1090. The molecule has 0 aromatic heterocycles. The number of rotatable bonds is 6. The third-order valence-corrected chi connectivity index (χ3v) is 7.84. The molecule has 2 amide bonds. The zero-order valence-electron chi connectivity index (χ0n) is 18.5. The minimum absolute atomic E-state index is 0.216. The highest BCUT2D eigenvalue weighted by Gasteiger charge is 2.25. The SMILES string of the molecule is O=C(Nc1ccc(S(=O)(=O)N2CCCCCC2)cc1)c1cccc(NC(=O)C2CCCO2)c1. The van der Waals surface area contributed by atoms with Gasteiger partial charge in [0.15, 0.2) is 0 Å². The normalized spacial score (nSPS) is 19.6. The summed E-state index contributed by atoms with van der Waals surface area (Å²) in [5, 5.41) is 5.56. The Morgan fingerprint density at radius 2 is 1.61 bits per heavy atom. The van der Waals surface area contributed by atoms with Crippen molar-refractivity contribution >= 4 is 33.2 Å². The monoisotopic (exact) mass is 471 g/mol. The lowest BCUT2D eigenvalue weighted by atomic mass is 10.1. The third kappa shape index (κ3) is 5.79. The van der Waals surface area contributed by atoms with Crippen LogP contribution in [0, 0.1) is 0 Å². The third-order valence-electron chi connectivity index (χ3n) is 5.93. The molecule has 0 spiro atoms. The van der Waals surface area contributed by atoms with Gasteiger partial charge in [0.1, 0.15) is 6.10 Å². The van der Waals surface area contributed by atoms with E-state index < -0.39 is 16.1 Å². The summed E-state index contributed by atoms with van der Waals surface area (Å²) < 4.78 is 32.8. The molecule has 2 aromatic carbocycles. The van der Waals surface area contributed by atoms with Gasteiger partial charge in [-0.05, 0) is 68.1 Å². The van der Waals surface area contributed by atoms with Crippen LogP contribution < -0.4 is 10.6 Å². The van der Waals surface area contributed by atoms with Crippen LogP contribution >= 0.6 is 0 Å².